The summed E-state index contributed by atoms with van der Waals surface area (Å²) in [5.74, 6) is -1.70. The van der Waals surface area contributed by atoms with Crippen molar-refractivity contribution in [3.63, 3.8) is 0 Å². The Morgan fingerprint density at radius 1 is 0.727 bits per heavy atom. The van der Waals surface area contributed by atoms with E-state index >= 15 is 0 Å². The van der Waals surface area contributed by atoms with Crippen molar-refractivity contribution in [3.8, 4) is 22.5 Å². The number of benzene rings is 3. The molecule has 1 aliphatic heterocycles. The molecule has 21 heteroatoms. The van der Waals surface area contributed by atoms with E-state index in [4.69, 9.17) is 41.4 Å². The maximum absolute atomic E-state index is 13.5. The predicted molar refractivity (Wildman–Crippen MR) is 288 cm³/mol. The minimum absolute atomic E-state index is 0.00845. The number of hydrogen-bond acceptors (Lipinski definition) is 15. The van der Waals surface area contributed by atoms with Crippen molar-refractivity contribution in [2.45, 2.75) is 128 Å². The van der Waals surface area contributed by atoms with Crippen molar-refractivity contribution >= 4 is 56.6 Å². The fourth-order valence-electron chi connectivity index (χ4n) is 6.30. The molecule has 2 aromatic carbocycles. The quantitative estimate of drug-likeness (QED) is 0.0115. The molecule has 0 fully saturated rings. The number of fused-ring (bicyclic) bond motifs is 2. The van der Waals surface area contributed by atoms with Crippen LogP contribution in [0.1, 0.15) is 127 Å². The summed E-state index contributed by atoms with van der Waals surface area (Å²) in [6.07, 6.45) is 0.969. The zero-order chi connectivity index (χ0) is 59.3. The minimum atomic E-state index is -6.09. The van der Waals surface area contributed by atoms with Crippen molar-refractivity contribution < 1.29 is 83.7 Å². The molecule has 0 aromatic heterocycles. The monoisotopic (exact) mass is 1110 g/mol. The number of esters is 4. The molecule has 0 amide bonds. The molecule has 4 rings (SSSR count). The Balaban J connectivity index is 0.000000710. The van der Waals surface area contributed by atoms with Gasteiger partial charge in [0.1, 0.15) is 57.0 Å². The molecule has 2 aromatic rings. The first-order chi connectivity index (χ1) is 35.6. The highest BCUT2D eigenvalue weighted by atomic mass is 32.2. The molecule has 1 aliphatic carbocycles. The van der Waals surface area contributed by atoms with E-state index in [1.54, 1.807) is 33.8 Å². The summed E-state index contributed by atoms with van der Waals surface area (Å²) >= 11 is 0. The average molecular weight is 1110 g/mol. The van der Waals surface area contributed by atoms with Crippen LogP contribution in [0.3, 0.4) is 0 Å². The lowest BCUT2D eigenvalue weighted by atomic mass is 9.90. The van der Waals surface area contributed by atoms with Gasteiger partial charge in [0.25, 0.3) is 0 Å². The van der Waals surface area contributed by atoms with Crippen LogP contribution in [-0.2, 0) is 48.2 Å². The van der Waals surface area contributed by atoms with Crippen molar-refractivity contribution in [3.05, 3.63) is 83.7 Å². The van der Waals surface area contributed by atoms with E-state index in [1.165, 1.54) is 6.92 Å². The van der Waals surface area contributed by atoms with Gasteiger partial charge < -0.3 is 43.0 Å². The number of aliphatic hydroxyl groups is 1. The number of carbonyl (C=O) groups is 5. The average Bonchev–Trinajstić information content (AvgIpc) is 3.37. The summed E-state index contributed by atoms with van der Waals surface area (Å²) in [5, 5.41) is 19.9. The fraction of sp³-hybridized carbons (Fsp3) is 0.536. The third-order valence-corrected chi connectivity index (χ3v) is 13.3. The number of anilines is 1. The van der Waals surface area contributed by atoms with Crippen LogP contribution in [0.15, 0.2) is 77.2 Å². The predicted octanol–water partition coefficient (Wildman–Crippen LogP) is 10.0. The van der Waals surface area contributed by atoms with Gasteiger partial charge in [-0.3, -0.25) is 14.4 Å². The zero-order valence-corrected chi connectivity index (χ0v) is 47.8. The number of alkyl halides is 3. The number of aliphatic carboxylic acids is 1. The summed E-state index contributed by atoms with van der Waals surface area (Å²) < 4.78 is 88.4. The third-order valence-electron chi connectivity index (χ3n) is 12.7. The highest BCUT2D eigenvalue weighted by molar-refractivity contribution is 7.86. The second kappa shape index (κ2) is 30.6. The van der Waals surface area contributed by atoms with Crippen LogP contribution in [0, 0.1) is 16.2 Å². The first-order valence-corrected chi connectivity index (χ1v) is 26.8. The zero-order valence-electron chi connectivity index (χ0n) is 47.0. The number of ether oxygens (including phenoxy) is 4. The molecule has 0 saturated carbocycles. The molecule has 1 heterocycles. The SMILES string of the molecule is C=C(C)C(=O)OCC(O)COC(=O)C(C)(C)CC.CCC(C)(C)C(=O)O.CCN(CC)c1ccc2c(-c3ccccc3C(=O)OCCOC(=O)C(C)(C)CC)c3ccc(=[N+](CC)CC)cc-3oc2c1.O=S(=O)([O-])C(F)(F)F. The number of halogens is 3. The van der Waals surface area contributed by atoms with Crippen molar-refractivity contribution in [2.24, 2.45) is 16.2 Å². The normalized spacial score (nSPS) is 12.0. The van der Waals surface area contributed by atoms with Crippen LogP contribution >= 0.6 is 0 Å². The van der Waals surface area contributed by atoms with Gasteiger partial charge in [-0.15, -0.1) is 0 Å². The molecule has 1 atom stereocenters. The second-order valence-electron chi connectivity index (χ2n) is 19.5. The van der Waals surface area contributed by atoms with Gasteiger partial charge in [-0.05, 0) is 125 Å². The molecule has 0 spiro atoms. The Kier molecular flexibility index (Phi) is 27.3. The Morgan fingerprint density at radius 2 is 1.23 bits per heavy atom. The van der Waals surface area contributed by atoms with E-state index in [1.807, 2.05) is 52.8 Å². The van der Waals surface area contributed by atoms with Crippen LogP contribution in [-0.4, -0.2) is 117 Å². The number of carboxylic acid groups (broad SMARTS) is 1. The van der Waals surface area contributed by atoms with Crippen LogP contribution in [0.2, 0.25) is 0 Å². The third kappa shape index (κ3) is 20.9. The number of aliphatic hydroxyl groups excluding tert-OH is 1. The molecule has 2 N–H and O–H groups in total. The number of carboxylic acids is 1. The Labute approximate surface area is 451 Å². The molecule has 2 aliphatic rings. The van der Waals surface area contributed by atoms with Gasteiger partial charge in [0, 0.05) is 53.0 Å². The number of nitrogens with zero attached hydrogens (tertiary/aromatic N) is 2. The topological polar surface area (TPSA) is 239 Å². The lowest BCUT2D eigenvalue weighted by Crippen LogP contribution is -2.31. The molecule has 0 saturated heterocycles. The lowest BCUT2D eigenvalue weighted by Gasteiger charge is -2.22. The highest BCUT2D eigenvalue weighted by Crippen LogP contribution is 2.42. The van der Waals surface area contributed by atoms with Crippen LogP contribution in [0.4, 0.5) is 18.9 Å². The number of hydrogen-bond donors (Lipinski definition) is 2. The first-order valence-electron chi connectivity index (χ1n) is 25.3. The van der Waals surface area contributed by atoms with E-state index < -0.39 is 55.9 Å². The molecule has 430 valence electrons. The molecule has 17 nitrogen and oxygen atoms in total. The van der Waals surface area contributed by atoms with Gasteiger partial charge in [0.05, 0.1) is 27.9 Å². The summed E-state index contributed by atoms with van der Waals surface area (Å²) in [6, 6.07) is 20.0. The molecular formula is C56H79F3N2O15S. The Bertz CT molecular complexity index is 2770. The summed E-state index contributed by atoms with van der Waals surface area (Å²) in [6.45, 7) is 32.9. The summed E-state index contributed by atoms with van der Waals surface area (Å²) in [4.78, 5) is 61.0. The van der Waals surface area contributed by atoms with Crippen LogP contribution in [0.5, 0.6) is 0 Å². The van der Waals surface area contributed by atoms with E-state index in [0.29, 0.717) is 24.8 Å². The van der Waals surface area contributed by atoms with Crippen LogP contribution in [0.25, 0.3) is 33.4 Å². The second-order valence-corrected chi connectivity index (χ2v) is 20.9. The van der Waals surface area contributed by atoms with E-state index in [9.17, 15) is 42.3 Å². The van der Waals surface area contributed by atoms with Gasteiger partial charge >= 0.3 is 35.4 Å². The Morgan fingerprint density at radius 3 is 1.70 bits per heavy atom. The molecule has 0 radical (unpaired) electrons. The summed E-state index contributed by atoms with van der Waals surface area (Å²) in [7, 11) is -6.09. The van der Waals surface area contributed by atoms with E-state index in [-0.39, 0.29) is 43.9 Å². The lowest BCUT2D eigenvalue weighted by molar-refractivity contribution is -0.159. The maximum Gasteiger partial charge on any atom is 0.485 e. The van der Waals surface area contributed by atoms with Crippen molar-refractivity contribution in [2.75, 3.05) is 57.5 Å². The standard InChI is InChI=1S/C36H45N2O5.C13H22O5.C6H12O2.CHF3O3S/c1-8-36(6,7)35(40)42-22-21-41-34(39)28-16-14-13-15-27(28)33-29-19-17-25(37(9-2)10-3)23-31(29)43-32-24-26(18-20-30(32)33)38(11-4)12-5;1-6-13(4,5)12(16)18-8-10(14)7-17-11(15)9(2)3;1-4-6(2,3)5(7)8;2-1(3,4)8(5,6)7/h13-20,23-24H,8-12,21-22H2,1-7H3;10,14H,2,6-8H2,1,3-5H3;4H2,1-3H3,(H,7,8);(H,5,6,7)/q+1;;;/p-1. The van der Waals surface area contributed by atoms with Gasteiger partial charge in [0.2, 0.25) is 5.36 Å². The van der Waals surface area contributed by atoms with Gasteiger partial charge in [-0.2, -0.15) is 13.2 Å². The highest BCUT2D eigenvalue weighted by Gasteiger charge is 2.37. The molecule has 1 unspecified atom stereocenters. The smallest absolute Gasteiger partial charge is 0.485 e. The van der Waals surface area contributed by atoms with Gasteiger partial charge in [-0.1, -0.05) is 45.5 Å². The molecule has 0 bridgehead atoms. The van der Waals surface area contributed by atoms with Gasteiger partial charge in [0.15, 0.2) is 10.1 Å². The molecular weight excluding hydrogens is 1030 g/mol. The van der Waals surface area contributed by atoms with E-state index in [2.05, 4.69) is 80.1 Å². The fourth-order valence-corrected chi connectivity index (χ4v) is 6.30. The first kappa shape index (κ1) is 68.7. The van der Waals surface area contributed by atoms with Crippen LogP contribution < -0.4 is 14.8 Å². The largest absolute Gasteiger partial charge is 0.741 e. The maximum atomic E-state index is 13.5. The Hall–Kier alpha value is -6.32. The minimum Gasteiger partial charge on any atom is -0.741 e. The number of rotatable bonds is 21. The van der Waals surface area contributed by atoms with Crippen molar-refractivity contribution in [1.82, 2.24) is 4.58 Å². The van der Waals surface area contributed by atoms with E-state index in [0.717, 1.165) is 70.6 Å². The number of carbonyl (C=O) groups excluding carboxylic acids is 4. The van der Waals surface area contributed by atoms with Gasteiger partial charge in [-0.25, -0.2) is 22.6 Å². The van der Waals surface area contributed by atoms with Crippen molar-refractivity contribution in [1.29, 1.82) is 0 Å². The molecule has 77 heavy (non-hydrogen) atoms. The summed E-state index contributed by atoms with van der Waals surface area (Å²) in [5.41, 5.74) is -2.23.